The molecule has 0 aliphatic carbocycles. The maximum atomic E-state index is 15.3. The fraction of sp³-hybridized carbons (Fsp3) is 0.286. The lowest BCUT2D eigenvalue weighted by Crippen LogP contribution is -2.40. The van der Waals surface area contributed by atoms with E-state index in [9.17, 15) is 14.4 Å². The quantitative estimate of drug-likeness (QED) is 0.290. The van der Waals surface area contributed by atoms with Crippen molar-refractivity contribution in [3.8, 4) is 16.8 Å². The zero-order valence-corrected chi connectivity index (χ0v) is 26.4. The fourth-order valence-electron chi connectivity index (χ4n) is 5.63. The topological polar surface area (TPSA) is 111 Å². The van der Waals surface area contributed by atoms with Gasteiger partial charge in [0.1, 0.15) is 17.3 Å². The van der Waals surface area contributed by atoms with Gasteiger partial charge in [0.2, 0.25) is 0 Å². The van der Waals surface area contributed by atoms with Gasteiger partial charge in [0.15, 0.2) is 0 Å². The summed E-state index contributed by atoms with van der Waals surface area (Å²) in [4.78, 5) is 45.6. The minimum Gasteiger partial charge on any atom is -0.378 e. The highest BCUT2D eigenvalue weighted by Gasteiger charge is 2.21. The van der Waals surface area contributed by atoms with E-state index in [1.54, 1.807) is 48.5 Å². The highest BCUT2D eigenvalue weighted by Crippen LogP contribution is 2.30. The van der Waals surface area contributed by atoms with Gasteiger partial charge in [0, 0.05) is 43.5 Å². The lowest BCUT2D eigenvalue weighted by molar-refractivity contribution is 0.0302. The van der Waals surface area contributed by atoms with E-state index in [0.717, 1.165) is 16.7 Å². The van der Waals surface area contributed by atoms with Crippen molar-refractivity contribution >= 4 is 28.2 Å². The summed E-state index contributed by atoms with van der Waals surface area (Å²) in [6.45, 7) is 9.89. The number of pyridine rings is 2. The molecule has 236 valence electrons. The number of morpholine rings is 1. The number of hydrogen-bond donors (Lipinski definition) is 1. The molecule has 1 saturated heterocycles. The number of hydrogen-bond acceptors (Lipinski definition) is 7. The lowest BCUT2D eigenvalue weighted by Gasteiger charge is -2.26. The van der Waals surface area contributed by atoms with Gasteiger partial charge in [-0.2, -0.15) is 9.78 Å². The predicted molar refractivity (Wildman–Crippen MR) is 176 cm³/mol. The van der Waals surface area contributed by atoms with E-state index < -0.39 is 11.4 Å². The Kier molecular flexibility index (Phi) is 8.03. The van der Waals surface area contributed by atoms with Gasteiger partial charge in [0.05, 0.1) is 36.0 Å². The predicted octanol–water partition coefficient (Wildman–Crippen LogP) is 5.11. The standard InChI is InChI=1S/C35H35FN6O4/c1-21-26(7-6-8-29(21)42-34(45)31-23(19-38-42)15-25(17-27(31)36)35(2,3)4)24-16-28(33(44)40(5)20-24)39-30-10-9-22(18-37-30)32(43)41-11-13-46-14-12-41/h6-10,15-20H,11-14H2,1-5H3,(H,37,39). The molecule has 11 heteroatoms. The summed E-state index contributed by atoms with van der Waals surface area (Å²) in [7, 11) is 1.65. The molecule has 1 aliphatic rings. The third-order valence-corrected chi connectivity index (χ3v) is 8.30. The highest BCUT2D eigenvalue weighted by molar-refractivity contribution is 5.94. The number of carbonyl (C=O) groups excluding carboxylic acids is 1. The van der Waals surface area contributed by atoms with Gasteiger partial charge in [-0.15, -0.1) is 0 Å². The number of benzene rings is 2. The van der Waals surface area contributed by atoms with E-state index in [-0.39, 0.29) is 28.0 Å². The molecule has 3 aromatic heterocycles. The van der Waals surface area contributed by atoms with Crippen molar-refractivity contribution in [2.24, 2.45) is 7.05 Å². The molecule has 6 rings (SSSR count). The van der Waals surface area contributed by atoms with Crippen LogP contribution in [0, 0.1) is 12.7 Å². The summed E-state index contributed by atoms with van der Waals surface area (Å²) < 4.78 is 23.3. The number of nitrogens with one attached hydrogen (secondary N) is 1. The Morgan fingerprint density at radius 3 is 2.46 bits per heavy atom. The Morgan fingerprint density at radius 2 is 1.76 bits per heavy atom. The molecule has 10 nitrogen and oxygen atoms in total. The lowest BCUT2D eigenvalue weighted by atomic mass is 9.86. The number of amides is 1. The third kappa shape index (κ3) is 5.81. The molecule has 0 atom stereocenters. The van der Waals surface area contributed by atoms with Crippen LogP contribution >= 0.6 is 0 Å². The van der Waals surface area contributed by atoms with E-state index in [1.807, 2.05) is 39.8 Å². The van der Waals surface area contributed by atoms with Crippen molar-refractivity contribution in [1.82, 2.24) is 24.2 Å². The van der Waals surface area contributed by atoms with E-state index in [0.29, 0.717) is 54.3 Å². The number of nitrogens with zero attached hydrogens (tertiary/aromatic N) is 5. The molecule has 2 aromatic carbocycles. The zero-order valence-electron chi connectivity index (χ0n) is 26.4. The van der Waals surface area contributed by atoms with E-state index in [1.165, 1.54) is 27.7 Å². The Morgan fingerprint density at radius 1 is 1.00 bits per heavy atom. The summed E-state index contributed by atoms with van der Waals surface area (Å²) in [5.74, 6) is -0.298. The van der Waals surface area contributed by atoms with Crippen LogP contribution in [0.3, 0.4) is 0 Å². The summed E-state index contributed by atoms with van der Waals surface area (Å²) >= 11 is 0. The molecule has 46 heavy (non-hydrogen) atoms. The number of fused-ring (bicyclic) bond motifs is 1. The Balaban J connectivity index is 1.33. The number of halogens is 1. The Bertz CT molecular complexity index is 2090. The second kappa shape index (κ2) is 12.0. The number of aromatic nitrogens is 4. The van der Waals surface area contributed by atoms with Crippen LogP contribution in [0.25, 0.3) is 27.6 Å². The molecule has 0 saturated carbocycles. The molecular formula is C35H35FN6O4. The number of rotatable bonds is 5. The monoisotopic (exact) mass is 622 g/mol. The molecular weight excluding hydrogens is 587 g/mol. The minimum atomic E-state index is -0.585. The third-order valence-electron chi connectivity index (χ3n) is 8.30. The van der Waals surface area contributed by atoms with Crippen LogP contribution < -0.4 is 16.4 Å². The van der Waals surface area contributed by atoms with E-state index in [2.05, 4.69) is 15.4 Å². The summed E-state index contributed by atoms with van der Waals surface area (Å²) in [5.41, 5.74) is 3.07. The first-order valence-corrected chi connectivity index (χ1v) is 15.1. The molecule has 0 radical (unpaired) electrons. The summed E-state index contributed by atoms with van der Waals surface area (Å²) in [6.07, 6.45) is 4.72. The normalized spacial score (nSPS) is 13.7. The van der Waals surface area contributed by atoms with Crippen LogP contribution in [0.15, 0.2) is 76.7 Å². The van der Waals surface area contributed by atoms with Gasteiger partial charge in [-0.25, -0.2) is 9.37 Å². The number of carbonyl (C=O) groups is 1. The minimum absolute atomic E-state index is 0.0217. The molecule has 0 bridgehead atoms. The van der Waals surface area contributed by atoms with Crippen LogP contribution in [0.5, 0.6) is 0 Å². The number of ether oxygens (including phenoxy) is 1. The largest absolute Gasteiger partial charge is 0.378 e. The number of aryl methyl sites for hydroxylation is 1. The fourth-order valence-corrected chi connectivity index (χ4v) is 5.63. The SMILES string of the molecule is Cc1c(-c2cc(Nc3ccc(C(=O)N4CCOCC4)cn3)c(=O)n(C)c2)cccc1-n1ncc2cc(C(C)(C)C)cc(F)c2c1=O. The van der Waals surface area contributed by atoms with Crippen LogP contribution in [0.1, 0.15) is 42.3 Å². The second-order valence-electron chi connectivity index (χ2n) is 12.5. The smallest absolute Gasteiger partial charge is 0.282 e. The van der Waals surface area contributed by atoms with Gasteiger partial charge in [0.25, 0.3) is 17.0 Å². The Labute approximate surface area is 265 Å². The van der Waals surface area contributed by atoms with Gasteiger partial charge >= 0.3 is 0 Å². The number of anilines is 2. The van der Waals surface area contributed by atoms with Crippen molar-refractivity contribution < 1.29 is 13.9 Å². The molecule has 4 heterocycles. The van der Waals surface area contributed by atoms with E-state index >= 15 is 4.39 Å². The first-order chi connectivity index (χ1) is 21.9. The average Bonchev–Trinajstić information content (AvgIpc) is 3.03. The average molecular weight is 623 g/mol. The second-order valence-corrected chi connectivity index (χ2v) is 12.5. The summed E-state index contributed by atoms with van der Waals surface area (Å²) in [6, 6.07) is 13.7. The van der Waals surface area contributed by atoms with E-state index in [4.69, 9.17) is 4.74 Å². The van der Waals surface area contributed by atoms with Crippen LogP contribution in [0.4, 0.5) is 15.9 Å². The first kappa shape index (κ1) is 30.8. The van der Waals surface area contributed by atoms with Gasteiger partial charge in [-0.05, 0) is 65.4 Å². The van der Waals surface area contributed by atoms with Gasteiger partial charge in [-0.1, -0.05) is 32.9 Å². The van der Waals surface area contributed by atoms with Crippen molar-refractivity contribution in [2.75, 3.05) is 31.6 Å². The van der Waals surface area contributed by atoms with Crippen LogP contribution in [0.2, 0.25) is 0 Å². The maximum absolute atomic E-state index is 15.3. The zero-order chi connectivity index (χ0) is 32.7. The molecule has 0 unspecified atom stereocenters. The summed E-state index contributed by atoms with van der Waals surface area (Å²) in [5, 5.41) is 7.93. The van der Waals surface area contributed by atoms with Gasteiger partial charge in [-0.3, -0.25) is 14.4 Å². The molecule has 0 spiro atoms. The van der Waals surface area contributed by atoms with Crippen molar-refractivity contribution in [1.29, 1.82) is 0 Å². The van der Waals surface area contributed by atoms with Crippen molar-refractivity contribution in [2.45, 2.75) is 33.1 Å². The van der Waals surface area contributed by atoms with Gasteiger partial charge < -0.3 is 19.5 Å². The Hall–Kier alpha value is -5.16. The van der Waals surface area contributed by atoms with Crippen molar-refractivity contribution in [3.63, 3.8) is 0 Å². The highest BCUT2D eigenvalue weighted by atomic mass is 19.1. The molecule has 1 amide bonds. The van der Waals surface area contributed by atoms with Crippen LogP contribution in [-0.2, 0) is 17.2 Å². The van der Waals surface area contributed by atoms with Crippen LogP contribution in [-0.4, -0.2) is 56.4 Å². The molecule has 5 aromatic rings. The maximum Gasteiger partial charge on any atom is 0.282 e. The first-order valence-electron chi connectivity index (χ1n) is 15.1. The molecule has 1 aliphatic heterocycles. The molecule has 1 fully saturated rings. The molecule has 1 N–H and O–H groups in total. The van der Waals surface area contributed by atoms with Crippen molar-refractivity contribution in [3.05, 3.63) is 110 Å².